The fourth-order valence-corrected chi connectivity index (χ4v) is 3.20. The maximum Gasteiger partial charge on any atom is 0.295 e. The van der Waals surface area contributed by atoms with Crippen LogP contribution in [0.3, 0.4) is 0 Å². The number of piperidine rings is 1. The normalized spacial score (nSPS) is 26.2. The molecule has 2 unspecified atom stereocenters. The number of amides is 1. The van der Waals surface area contributed by atoms with E-state index in [1.165, 1.54) is 0 Å². The van der Waals surface area contributed by atoms with Crippen LogP contribution in [-0.2, 0) is 0 Å². The second-order valence-electron chi connectivity index (χ2n) is 5.77. The summed E-state index contributed by atoms with van der Waals surface area (Å²) in [4.78, 5) is 18.6. The molecular weight excluding hydrogens is 272 g/mol. The van der Waals surface area contributed by atoms with Crippen molar-refractivity contribution >= 4 is 5.91 Å². The van der Waals surface area contributed by atoms with Crippen LogP contribution in [0.1, 0.15) is 61.1 Å². The minimum atomic E-state index is -0.179. The minimum Gasteiger partial charge on any atom is -0.396 e. The van der Waals surface area contributed by atoms with Crippen LogP contribution >= 0.6 is 0 Å². The van der Waals surface area contributed by atoms with Gasteiger partial charge in [-0.25, -0.2) is 0 Å². The highest BCUT2D eigenvalue weighted by Gasteiger charge is 2.31. The molecule has 1 aromatic rings. The van der Waals surface area contributed by atoms with Gasteiger partial charge in [-0.1, -0.05) is 5.16 Å². The molecular formula is C14H22N4O3. The third kappa shape index (κ3) is 3.08. The van der Waals surface area contributed by atoms with Crippen molar-refractivity contribution in [1.29, 1.82) is 0 Å². The average molecular weight is 294 g/mol. The first-order valence-corrected chi connectivity index (χ1v) is 7.78. The quantitative estimate of drug-likeness (QED) is 0.856. The van der Waals surface area contributed by atoms with Crippen molar-refractivity contribution in [2.45, 2.75) is 50.6 Å². The van der Waals surface area contributed by atoms with E-state index in [9.17, 15) is 4.79 Å². The lowest BCUT2D eigenvalue weighted by molar-refractivity contribution is 0.0559. The topological polar surface area (TPSA) is 91.5 Å². The summed E-state index contributed by atoms with van der Waals surface area (Å²) in [5, 5.41) is 16.3. The van der Waals surface area contributed by atoms with Gasteiger partial charge in [0.1, 0.15) is 0 Å². The van der Waals surface area contributed by atoms with Gasteiger partial charge in [0.2, 0.25) is 5.89 Å². The van der Waals surface area contributed by atoms with Gasteiger partial charge in [-0.05, 0) is 45.1 Å². The van der Waals surface area contributed by atoms with Gasteiger partial charge >= 0.3 is 0 Å². The summed E-state index contributed by atoms with van der Waals surface area (Å²) in [5.41, 5.74) is 0. The van der Waals surface area contributed by atoms with E-state index in [4.69, 9.17) is 9.63 Å². The Labute approximate surface area is 123 Å². The van der Waals surface area contributed by atoms with Crippen molar-refractivity contribution in [2.24, 2.45) is 0 Å². The Hall–Kier alpha value is -1.47. The van der Waals surface area contributed by atoms with Crippen molar-refractivity contribution in [3.63, 3.8) is 0 Å². The predicted octanol–water partition coefficient (Wildman–Crippen LogP) is 0.871. The lowest BCUT2D eigenvalue weighted by Gasteiger charge is -2.34. The molecule has 2 aliphatic heterocycles. The minimum absolute atomic E-state index is 0.0774. The molecule has 0 saturated carbocycles. The Morgan fingerprint density at radius 1 is 1.38 bits per heavy atom. The van der Waals surface area contributed by atoms with E-state index < -0.39 is 0 Å². The SMILES string of the molecule is O=C(c1noc(C2CCCN2)n1)N1CCCCC1CCO. The summed E-state index contributed by atoms with van der Waals surface area (Å²) < 4.78 is 5.24. The maximum atomic E-state index is 12.6. The van der Waals surface area contributed by atoms with Crippen LogP contribution in [-0.4, -0.2) is 51.8 Å². The number of nitrogens with zero attached hydrogens (tertiary/aromatic N) is 3. The van der Waals surface area contributed by atoms with Gasteiger partial charge in [0.05, 0.1) is 6.04 Å². The van der Waals surface area contributed by atoms with Crippen molar-refractivity contribution in [3.8, 4) is 0 Å². The highest BCUT2D eigenvalue weighted by molar-refractivity contribution is 5.90. The molecule has 2 aliphatic rings. The molecule has 0 radical (unpaired) electrons. The number of likely N-dealkylation sites (tertiary alicyclic amines) is 1. The Morgan fingerprint density at radius 3 is 3.05 bits per heavy atom. The Kier molecular flexibility index (Phi) is 4.50. The van der Waals surface area contributed by atoms with E-state index >= 15 is 0 Å². The van der Waals surface area contributed by atoms with Crippen LogP contribution in [0.4, 0.5) is 0 Å². The van der Waals surface area contributed by atoms with Crippen molar-refractivity contribution in [1.82, 2.24) is 20.4 Å². The van der Waals surface area contributed by atoms with E-state index in [1.54, 1.807) is 4.90 Å². The van der Waals surface area contributed by atoms with Gasteiger partial charge in [0, 0.05) is 19.2 Å². The van der Waals surface area contributed by atoms with Crippen molar-refractivity contribution in [2.75, 3.05) is 19.7 Å². The molecule has 7 nitrogen and oxygen atoms in total. The number of hydrogen-bond donors (Lipinski definition) is 2. The summed E-state index contributed by atoms with van der Waals surface area (Å²) in [6.07, 6.45) is 5.68. The average Bonchev–Trinajstić information content (AvgIpc) is 3.18. The number of aliphatic hydroxyl groups excluding tert-OH is 1. The predicted molar refractivity (Wildman–Crippen MR) is 74.7 cm³/mol. The van der Waals surface area contributed by atoms with E-state index in [1.807, 2.05) is 0 Å². The van der Waals surface area contributed by atoms with Crippen LogP contribution in [0.15, 0.2) is 4.52 Å². The molecule has 0 aromatic carbocycles. The van der Waals surface area contributed by atoms with E-state index in [0.717, 1.165) is 38.6 Å². The van der Waals surface area contributed by atoms with Gasteiger partial charge in [0.15, 0.2) is 0 Å². The first-order valence-electron chi connectivity index (χ1n) is 7.78. The fourth-order valence-electron chi connectivity index (χ4n) is 3.20. The summed E-state index contributed by atoms with van der Waals surface area (Å²) >= 11 is 0. The molecule has 116 valence electrons. The van der Waals surface area contributed by atoms with Crippen LogP contribution in [0.25, 0.3) is 0 Å². The summed E-state index contributed by atoms with van der Waals surface area (Å²) in [5.74, 6) is 0.469. The smallest absolute Gasteiger partial charge is 0.295 e. The monoisotopic (exact) mass is 294 g/mol. The molecule has 3 rings (SSSR count). The molecule has 1 aromatic heterocycles. The molecule has 1 amide bonds. The molecule has 2 fully saturated rings. The number of aromatic nitrogens is 2. The van der Waals surface area contributed by atoms with Gasteiger partial charge in [0.25, 0.3) is 11.7 Å². The third-order valence-electron chi connectivity index (χ3n) is 4.34. The first kappa shape index (κ1) is 14.5. The largest absolute Gasteiger partial charge is 0.396 e. The molecule has 21 heavy (non-hydrogen) atoms. The van der Waals surface area contributed by atoms with Gasteiger partial charge in [-0.15, -0.1) is 0 Å². The number of nitrogens with one attached hydrogen (secondary N) is 1. The molecule has 0 spiro atoms. The highest BCUT2D eigenvalue weighted by atomic mass is 16.5. The van der Waals surface area contributed by atoms with Crippen LogP contribution in [0, 0.1) is 0 Å². The van der Waals surface area contributed by atoms with Gasteiger partial charge in [-0.2, -0.15) is 4.98 Å². The van der Waals surface area contributed by atoms with Gasteiger partial charge < -0.3 is 19.8 Å². The fraction of sp³-hybridized carbons (Fsp3) is 0.786. The Bertz CT molecular complexity index is 482. The lowest BCUT2D eigenvalue weighted by Crippen LogP contribution is -2.44. The zero-order chi connectivity index (χ0) is 14.7. The summed E-state index contributed by atoms with van der Waals surface area (Å²) in [7, 11) is 0. The van der Waals surface area contributed by atoms with E-state index in [2.05, 4.69) is 15.5 Å². The second kappa shape index (κ2) is 6.53. The Balaban J connectivity index is 1.71. The summed E-state index contributed by atoms with van der Waals surface area (Å²) in [6, 6.07) is 0.163. The Morgan fingerprint density at radius 2 is 2.29 bits per heavy atom. The van der Waals surface area contributed by atoms with Gasteiger partial charge in [-0.3, -0.25) is 4.79 Å². The first-order chi connectivity index (χ1) is 10.3. The van der Waals surface area contributed by atoms with Crippen molar-refractivity contribution in [3.05, 3.63) is 11.7 Å². The zero-order valence-corrected chi connectivity index (χ0v) is 12.1. The number of rotatable bonds is 4. The van der Waals surface area contributed by atoms with Crippen LogP contribution in [0.2, 0.25) is 0 Å². The molecule has 7 heteroatoms. The zero-order valence-electron chi connectivity index (χ0n) is 12.1. The number of carbonyl (C=O) groups excluding carboxylic acids is 1. The van der Waals surface area contributed by atoms with Crippen molar-refractivity contribution < 1.29 is 14.4 Å². The molecule has 2 atom stereocenters. The molecule has 3 heterocycles. The standard InChI is InChI=1S/C14H22N4O3/c19-9-6-10-4-1-2-8-18(10)14(20)12-16-13(21-17-12)11-5-3-7-15-11/h10-11,15,19H,1-9H2. The molecule has 2 saturated heterocycles. The lowest BCUT2D eigenvalue weighted by atomic mass is 9.99. The van der Waals surface area contributed by atoms with E-state index in [-0.39, 0.29) is 30.4 Å². The molecule has 0 bridgehead atoms. The number of aliphatic hydroxyl groups is 1. The second-order valence-corrected chi connectivity index (χ2v) is 5.77. The molecule has 0 aliphatic carbocycles. The maximum absolute atomic E-state index is 12.6. The third-order valence-corrected chi connectivity index (χ3v) is 4.34. The van der Waals surface area contributed by atoms with E-state index in [0.29, 0.717) is 18.9 Å². The van der Waals surface area contributed by atoms with Crippen LogP contribution in [0.5, 0.6) is 0 Å². The number of hydrogen-bond acceptors (Lipinski definition) is 6. The highest BCUT2D eigenvalue weighted by Crippen LogP contribution is 2.24. The molecule has 2 N–H and O–H groups in total. The van der Waals surface area contributed by atoms with Crippen LogP contribution < -0.4 is 5.32 Å². The summed E-state index contributed by atoms with van der Waals surface area (Å²) in [6.45, 7) is 1.74. The number of carbonyl (C=O) groups is 1.